The number of amidine groups is 1. The van der Waals surface area contributed by atoms with Crippen LogP contribution in [-0.2, 0) is 4.79 Å². The molecule has 0 radical (unpaired) electrons. The highest BCUT2D eigenvalue weighted by molar-refractivity contribution is 8.14. The Kier molecular flexibility index (Phi) is 6.04. The number of piperazine rings is 1. The van der Waals surface area contributed by atoms with Gasteiger partial charge in [-0.15, -0.1) is 0 Å². The zero-order valence-electron chi connectivity index (χ0n) is 11.9. The SMILES string of the molecule is N#C/C(=C/NC1=NCCS1)C(=O)N1CCN(CCN)CC1. The van der Waals surface area contributed by atoms with E-state index < -0.39 is 0 Å². The minimum atomic E-state index is -0.221. The van der Waals surface area contributed by atoms with E-state index in [1.54, 1.807) is 16.7 Å². The summed E-state index contributed by atoms with van der Waals surface area (Å²) in [7, 11) is 0. The van der Waals surface area contributed by atoms with Crippen LogP contribution in [0.25, 0.3) is 0 Å². The van der Waals surface area contributed by atoms with Crippen molar-refractivity contribution in [2.45, 2.75) is 0 Å². The van der Waals surface area contributed by atoms with Crippen LogP contribution in [0.15, 0.2) is 16.8 Å². The highest BCUT2D eigenvalue weighted by atomic mass is 32.2. The number of carbonyl (C=O) groups is 1. The van der Waals surface area contributed by atoms with Gasteiger partial charge in [0.05, 0.1) is 6.54 Å². The highest BCUT2D eigenvalue weighted by Crippen LogP contribution is 2.10. The number of nitrogens with zero attached hydrogens (tertiary/aromatic N) is 4. The van der Waals surface area contributed by atoms with Gasteiger partial charge in [-0.3, -0.25) is 14.7 Å². The second-order valence-corrected chi connectivity index (χ2v) is 5.86. The molecule has 2 aliphatic rings. The van der Waals surface area contributed by atoms with Crippen molar-refractivity contribution in [1.29, 1.82) is 5.26 Å². The topological polar surface area (TPSA) is 97.7 Å². The summed E-state index contributed by atoms with van der Waals surface area (Å²) in [4.78, 5) is 20.5. The van der Waals surface area contributed by atoms with E-state index in [0.717, 1.165) is 37.1 Å². The number of hydrogen-bond donors (Lipinski definition) is 2. The van der Waals surface area contributed by atoms with Crippen LogP contribution in [0.3, 0.4) is 0 Å². The number of hydrogen-bond acceptors (Lipinski definition) is 7. The first-order valence-electron chi connectivity index (χ1n) is 7.00. The van der Waals surface area contributed by atoms with Crippen molar-refractivity contribution in [2.75, 3.05) is 51.6 Å². The highest BCUT2D eigenvalue weighted by Gasteiger charge is 2.23. The molecule has 0 atom stereocenters. The Hall–Kier alpha value is -1.56. The molecule has 2 heterocycles. The number of rotatable bonds is 4. The number of nitrogens with one attached hydrogen (secondary N) is 1. The van der Waals surface area contributed by atoms with Crippen molar-refractivity contribution in [3.8, 4) is 6.07 Å². The van der Waals surface area contributed by atoms with E-state index >= 15 is 0 Å². The molecule has 0 saturated carbocycles. The first-order valence-corrected chi connectivity index (χ1v) is 7.99. The van der Waals surface area contributed by atoms with Crippen molar-refractivity contribution in [3.05, 3.63) is 11.8 Å². The lowest BCUT2D eigenvalue weighted by Gasteiger charge is -2.34. The Labute approximate surface area is 128 Å². The maximum absolute atomic E-state index is 12.3. The summed E-state index contributed by atoms with van der Waals surface area (Å²) < 4.78 is 0. The van der Waals surface area contributed by atoms with Crippen molar-refractivity contribution < 1.29 is 4.79 Å². The molecule has 1 saturated heterocycles. The Morgan fingerprint density at radius 1 is 1.48 bits per heavy atom. The summed E-state index contributed by atoms with van der Waals surface area (Å²) in [6.45, 7) is 5.12. The number of carbonyl (C=O) groups excluding carboxylic acids is 1. The second kappa shape index (κ2) is 8.02. The Morgan fingerprint density at radius 3 is 2.81 bits per heavy atom. The molecule has 0 bridgehead atoms. The molecule has 3 N–H and O–H groups in total. The van der Waals surface area contributed by atoms with Gasteiger partial charge < -0.3 is 16.0 Å². The number of nitrogens with two attached hydrogens (primary N) is 1. The van der Waals surface area contributed by atoms with Crippen molar-refractivity contribution in [2.24, 2.45) is 10.7 Å². The summed E-state index contributed by atoms with van der Waals surface area (Å²) >= 11 is 1.59. The molecule has 7 nitrogen and oxygen atoms in total. The van der Waals surface area contributed by atoms with Crippen LogP contribution in [0.2, 0.25) is 0 Å². The predicted molar refractivity (Wildman–Crippen MR) is 83.7 cm³/mol. The van der Waals surface area contributed by atoms with Crippen LogP contribution in [0.5, 0.6) is 0 Å². The third-order valence-corrected chi connectivity index (χ3v) is 4.29. The molecular weight excluding hydrogens is 288 g/mol. The summed E-state index contributed by atoms with van der Waals surface area (Å²) in [6, 6.07) is 1.97. The van der Waals surface area contributed by atoms with Gasteiger partial charge in [0.15, 0.2) is 5.17 Å². The smallest absolute Gasteiger partial charge is 0.266 e. The van der Waals surface area contributed by atoms with Gasteiger partial charge >= 0.3 is 0 Å². The third-order valence-electron chi connectivity index (χ3n) is 3.38. The average Bonchev–Trinajstić information content (AvgIpc) is 3.02. The molecule has 0 aromatic heterocycles. The minimum Gasteiger partial charge on any atom is -0.340 e. The lowest BCUT2D eigenvalue weighted by atomic mass is 10.2. The zero-order chi connectivity index (χ0) is 15.1. The third kappa shape index (κ3) is 4.46. The van der Waals surface area contributed by atoms with Crippen molar-refractivity contribution in [3.63, 3.8) is 0 Å². The Bertz CT molecular complexity index is 476. The molecule has 21 heavy (non-hydrogen) atoms. The molecule has 8 heteroatoms. The predicted octanol–water partition coefficient (Wildman–Crippen LogP) is -0.811. The molecule has 0 aromatic rings. The average molecular weight is 308 g/mol. The Balaban J connectivity index is 1.88. The van der Waals surface area contributed by atoms with Crippen LogP contribution in [0.1, 0.15) is 0 Å². The van der Waals surface area contributed by atoms with E-state index in [1.165, 1.54) is 6.20 Å². The molecular formula is C13H20N6OS. The van der Waals surface area contributed by atoms with Gasteiger partial charge in [-0.25, -0.2) is 0 Å². The standard InChI is InChI=1S/C13H20N6OS/c14-1-3-18-4-6-19(7-5-18)12(20)11(9-15)10-17-13-16-2-8-21-13/h10H,1-8,14H2,(H,16,17)/b11-10-. The van der Waals surface area contributed by atoms with Crippen LogP contribution in [0.4, 0.5) is 0 Å². The lowest BCUT2D eigenvalue weighted by Crippen LogP contribution is -2.50. The fourth-order valence-corrected chi connectivity index (χ4v) is 2.93. The molecule has 2 rings (SSSR count). The molecule has 1 fully saturated rings. The molecule has 0 aromatic carbocycles. The number of thioether (sulfide) groups is 1. The quantitative estimate of drug-likeness (QED) is 0.521. The molecule has 0 unspecified atom stereocenters. The molecule has 1 amide bonds. The van der Waals surface area contributed by atoms with E-state index in [2.05, 4.69) is 15.2 Å². The fraction of sp³-hybridized carbons (Fsp3) is 0.615. The van der Waals surface area contributed by atoms with E-state index in [0.29, 0.717) is 19.6 Å². The number of aliphatic imine (C=N–C) groups is 1. The summed E-state index contributed by atoms with van der Waals surface area (Å²) in [6.07, 6.45) is 1.46. The number of amides is 1. The molecule has 114 valence electrons. The molecule has 2 aliphatic heterocycles. The van der Waals surface area contributed by atoms with E-state index in [4.69, 9.17) is 11.0 Å². The maximum atomic E-state index is 12.3. The first-order chi connectivity index (χ1) is 10.2. The second-order valence-electron chi connectivity index (χ2n) is 4.77. The fourth-order valence-electron chi connectivity index (χ4n) is 2.23. The van der Waals surface area contributed by atoms with Gasteiger partial charge in [-0.2, -0.15) is 5.26 Å². The van der Waals surface area contributed by atoms with E-state index in [1.807, 2.05) is 6.07 Å². The Morgan fingerprint density at radius 2 is 2.24 bits per heavy atom. The summed E-state index contributed by atoms with van der Waals surface area (Å²) in [5.74, 6) is 0.718. The van der Waals surface area contributed by atoms with Gasteiger partial charge in [-0.05, 0) is 0 Å². The minimum absolute atomic E-state index is 0.123. The molecule has 0 spiro atoms. The van der Waals surface area contributed by atoms with Crippen LogP contribution >= 0.6 is 11.8 Å². The van der Waals surface area contributed by atoms with E-state index in [-0.39, 0.29) is 11.5 Å². The monoisotopic (exact) mass is 308 g/mol. The maximum Gasteiger partial charge on any atom is 0.266 e. The van der Waals surface area contributed by atoms with Gasteiger partial charge in [0.1, 0.15) is 11.6 Å². The molecule has 0 aliphatic carbocycles. The lowest BCUT2D eigenvalue weighted by molar-refractivity contribution is -0.128. The van der Waals surface area contributed by atoms with Crippen LogP contribution < -0.4 is 11.1 Å². The number of nitriles is 1. The van der Waals surface area contributed by atoms with Gasteiger partial charge in [0, 0.05) is 51.2 Å². The van der Waals surface area contributed by atoms with Crippen molar-refractivity contribution in [1.82, 2.24) is 15.1 Å². The zero-order valence-corrected chi connectivity index (χ0v) is 12.7. The largest absolute Gasteiger partial charge is 0.340 e. The van der Waals surface area contributed by atoms with Gasteiger partial charge in [0.25, 0.3) is 5.91 Å². The van der Waals surface area contributed by atoms with Crippen LogP contribution in [-0.4, -0.2) is 72.4 Å². The van der Waals surface area contributed by atoms with Crippen LogP contribution in [0, 0.1) is 11.3 Å². The summed E-state index contributed by atoms with van der Waals surface area (Å²) in [5.41, 5.74) is 5.65. The first kappa shape index (κ1) is 15.8. The van der Waals surface area contributed by atoms with E-state index in [9.17, 15) is 4.79 Å². The summed E-state index contributed by atoms with van der Waals surface area (Å²) in [5, 5.41) is 12.9. The normalized spacial score (nSPS) is 20.1. The van der Waals surface area contributed by atoms with Gasteiger partial charge in [-0.1, -0.05) is 11.8 Å². The van der Waals surface area contributed by atoms with Crippen molar-refractivity contribution >= 4 is 22.8 Å². The van der Waals surface area contributed by atoms with Gasteiger partial charge in [0.2, 0.25) is 0 Å².